The van der Waals surface area contributed by atoms with Crippen molar-refractivity contribution in [2.45, 2.75) is 25.3 Å². The summed E-state index contributed by atoms with van der Waals surface area (Å²) in [6, 6.07) is 11.7. The number of rotatable bonds is 4. The van der Waals surface area contributed by atoms with Crippen molar-refractivity contribution in [3.05, 3.63) is 70.0 Å². The van der Waals surface area contributed by atoms with Gasteiger partial charge in [-0.05, 0) is 42.5 Å². The van der Waals surface area contributed by atoms with E-state index in [0.29, 0.717) is 0 Å². The predicted molar refractivity (Wildman–Crippen MR) is 92.0 cm³/mol. The highest BCUT2D eigenvalue weighted by atomic mass is 35.5. The maximum absolute atomic E-state index is 13.7. The van der Waals surface area contributed by atoms with Gasteiger partial charge in [0.15, 0.2) is 6.61 Å². The SMILES string of the molecule is O=C(COC(=O)c1c(F)cccc1Cl)N[C@H]1CCCc2ccccc21. The van der Waals surface area contributed by atoms with Gasteiger partial charge < -0.3 is 10.1 Å². The second-order valence-corrected chi connectivity index (χ2v) is 6.29. The predicted octanol–water partition coefficient (Wildman–Crippen LogP) is 3.83. The van der Waals surface area contributed by atoms with Crippen LogP contribution in [0.2, 0.25) is 5.02 Å². The van der Waals surface area contributed by atoms with E-state index < -0.39 is 24.3 Å². The molecule has 1 aliphatic carbocycles. The molecule has 25 heavy (non-hydrogen) atoms. The Morgan fingerprint density at radius 1 is 1.20 bits per heavy atom. The van der Waals surface area contributed by atoms with Crippen molar-refractivity contribution >= 4 is 23.5 Å². The largest absolute Gasteiger partial charge is 0.452 e. The minimum absolute atomic E-state index is 0.0494. The first-order valence-corrected chi connectivity index (χ1v) is 8.42. The number of nitrogens with one attached hydrogen (secondary N) is 1. The van der Waals surface area contributed by atoms with Crippen LogP contribution in [0.1, 0.15) is 40.4 Å². The summed E-state index contributed by atoms with van der Waals surface area (Å²) in [5.41, 5.74) is 1.94. The molecular formula is C19H17ClFNO3. The Bertz CT molecular complexity index is 789. The molecule has 1 amide bonds. The third-order valence-electron chi connectivity index (χ3n) is 4.21. The number of halogens is 2. The maximum Gasteiger partial charge on any atom is 0.343 e. The molecule has 0 spiro atoms. The lowest BCUT2D eigenvalue weighted by Crippen LogP contribution is -2.34. The molecule has 0 aliphatic heterocycles. The van der Waals surface area contributed by atoms with E-state index in [9.17, 15) is 14.0 Å². The van der Waals surface area contributed by atoms with E-state index in [4.69, 9.17) is 16.3 Å². The van der Waals surface area contributed by atoms with Crippen molar-refractivity contribution in [2.24, 2.45) is 0 Å². The molecule has 2 aromatic rings. The maximum atomic E-state index is 13.7. The number of aryl methyl sites for hydroxylation is 1. The molecule has 0 bridgehead atoms. The fourth-order valence-electron chi connectivity index (χ4n) is 3.04. The van der Waals surface area contributed by atoms with E-state index in [1.165, 1.54) is 17.7 Å². The highest BCUT2D eigenvalue weighted by molar-refractivity contribution is 6.33. The molecule has 4 nitrogen and oxygen atoms in total. The second kappa shape index (κ2) is 7.66. The fraction of sp³-hybridized carbons (Fsp3) is 0.263. The van der Waals surface area contributed by atoms with E-state index in [0.717, 1.165) is 30.9 Å². The van der Waals surface area contributed by atoms with Gasteiger partial charge in [0, 0.05) is 0 Å². The van der Waals surface area contributed by atoms with Crippen LogP contribution in [-0.4, -0.2) is 18.5 Å². The number of fused-ring (bicyclic) bond motifs is 1. The quantitative estimate of drug-likeness (QED) is 0.842. The van der Waals surface area contributed by atoms with Crippen LogP contribution < -0.4 is 5.32 Å². The van der Waals surface area contributed by atoms with Crippen molar-refractivity contribution < 1.29 is 18.7 Å². The number of hydrogen-bond donors (Lipinski definition) is 1. The lowest BCUT2D eigenvalue weighted by molar-refractivity contribution is -0.125. The number of ether oxygens (including phenoxy) is 1. The molecule has 0 unspecified atom stereocenters. The molecular weight excluding hydrogens is 345 g/mol. The van der Waals surface area contributed by atoms with Gasteiger partial charge in [-0.1, -0.05) is 41.9 Å². The molecule has 0 radical (unpaired) electrons. The zero-order chi connectivity index (χ0) is 17.8. The Balaban J connectivity index is 1.60. The van der Waals surface area contributed by atoms with Gasteiger partial charge in [0.1, 0.15) is 11.4 Å². The summed E-state index contributed by atoms with van der Waals surface area (Å²) in [4.78, 5) is 24.1. The normalized spacial score (nSPS) is 16.0. The number of benzene rings is 2. The summed E-state index contributed by atoms with van der Waals surface area (Å²) in [7, 11) is 0. The Hall–Kier alpha value is -2.40. The van der Waals surface area contributed by atoms with Crippen molar-refractivity contribution in [3.63, 3.8) is 0 Å². The van der Waals surface area contributed by atoms with E-state index in [1.807, 2.05) is 24.3 Å². The van der Waals surface area contributed by atoms with Crippen molar-refractivity contribution in [1.29, 1.82) is 0 Å². The van der Waals surface area contributed by atoms with Crippen molar-refractivity contribution in [3.8, 4) is 0 Å². The van der Waals surface area contributed by atoms with Gasteiger partial charge in [0.2, 0.25) is 0 Å². The Morgan fingerprint density at radius 3 is 2.80 bits per heavy atom. The van der Waals surface area contributed by atoms with Crippen molar-refractivity contribution in [1.82, 2.24) is 5.32 Å². The summed E-state index contributed by atoms with van der Waals surface area (Å²) in [6.07, 6.45) is 2.80. The number of carbonyl (C=O) groups is 2. The molecule has 130 valence electrons. The summed E-state index contributed by atoms with van der Waals surface area (Å²) in [6.45, 7) is -0.484. The standard InChI is InChI=1S/C19H17ClFNO3/c20-14-8-4-9-15(21)18(14)19(24)25-11-17(23)22-16-10-3-6-12-5-1-2-7-13(12)16/h1-2,4-5,7-9,16H,3,6,10-11H2,(H,22,23)/t16-/m0/s1. The molecule has 3 rings (SSSR count). The summed E-state index contributed by atoms with van der Waals surface area (Å²) in [5, 5.41) is 2.82. The molecule has 0 saturated carbocycles. The van der Waals surface area contributed by atoms with E-state index in [-0.39, 0.29) is 16.6 Å². The topological polar surface area (TPSA) is 55.4 Å². The number of amides is 1. The highest BCUT2D eigenvalue weighted by Gasteiger charge is 2.23. The van der Waals surface area contributed by atoms with Gasteiger partial charge in [-0.3, -0.25) is 4.79 Å². The third-order valence-corrected chi connectivity index (χ3v) is 4.52. The average Bonchev–Trinajstić information content (AvgIpc) is 2.60. The zero-order valence-electron chi connectivity index (χ0n) is 13.4. The third kappa shape index (κ3) is 3.99. The lowest BCUT2D eigenvalue weighted by atomic mass is 9.88. The minimum atomic E-state index is -0.956. The summed E-state index contributed by atoms with van der Waals surface area (Å²) < 4.78 is 18.6. The number of carbonyl (C=O) groups excluding carboxylic acids is 2. The zero-order valence-corrected chi connectivity index (χ0v) is 14.2. The molecule has 1 atom stereocenters. The fourth-order valence-corrected chi connectivity index (χ4v) is 3.28. The van der Waals surface area contributed by atoms with Crippen LogP contribution in [0.25, 0.3) is 0 Å². The first-order valence-electron chi connectivity index (χ1n) is 8.04. The van der Waals surface area contributed by atoms with Crippen molar-refractivity contribution in [2.75, 3.05) is 6.61 Å². The van der Waals surface area contributed by atoms with E-state index >= 15 is 0 Å². The van der Waals surface area contributed by atoms with Gasteiger partial charge in [-0.25, -0.2) is 9.18 Å². The van der Waals surface area contributed by atoms with Crippen LogP contribution in [0.15, 0.2) is 42.5 Å². The molecule has 0 saturated heterocycles. The van der Waals surface area contributed by atoms with Crippen LogP contribution in [0.3, 0.4) is 0 Å². The van der Waals surface area contributed by atoms with Crippen LogP contribution in [0, 0.1) is 5.82 Å². The molecule has 0 aromatic heterocycles. The molecule has 0 fully saturated rings. The first kappa shape index (κ1) is 17.4. The molecule has 0 heterocycles. The van der Waals surface area contributed by atoms with Gasteiger partial charge in [0.25, 0.3) is 5.91 Å². The second-order valence-electron chi connectivity index (χ2n) is 5.88. The van der Waals surface area contributed by atoms with Crippen LogP contribution in [0.4, 0.5) is 4.39 Å². The lowest BCUT2D eigenvalue weighted by Gasteiger charge is -2.26. The summed E-state index contributed by atoms with van der Waals surface area (Å²) in [5.74, 6) is -2.16. The number of esters is 1. The van der Waals surface area contributed by atoms with E-state index in [2.05, 4.69) is 5.32 Å². The Labute approximate surface area is 149 Å². The molecule has 2 aromatic carbocycles. The van der Waals surface area contributed by atoms with Crippen LogP contribution in [-0.2, 0) is 16.0 Å². The van der Waals surface area contributed by atoms with Gasteiger partial charge in [-0.15, -0.1) is 0 Å². The van der Waals surface area contributed by atoms with Crippen LogP contribution >= 0.6 is 11.6 Å². The van der Waals surface area contributed by atoms with Gasteiger partial charge >= 0.3 is 5.97 Å². The molecule has 1 aliphatic rings. The van der Waals surface area contributed by atoms with Crippen LogP contribution in [0.5, 0.6) is 0 Å². The summed E-state index contributed by atoms with van der Waals surface area (Å²) >= 11 is 5.81. The minimum Gasteiger partial charge on any atom is -0.452 e. The van der Waals surface area contributed by atoms with E-state index in [1.54, 1.807) is 0 Å². The monoisotopic (exact) mass is 361 g/mol. The van der Waals surface area contributed by atoms with Gasteiger partial charge in [0.05, 0.1) is 11.1 Å². The molecule has 1 N–H and O–H groups in total. The first-order chi connectivity index (χ1) is 12.1. The Kier molecular flexibility index (Phi) is 5.34. The smallest absolute Gasteiger partial charge is 0.343 e. The number of hydrogen-bond acceptors (Lipinski definition) is 3. The average molecular weight is 362 g/mol. The highest BCUT2D eigenvalue weighted by Crippen LogP contribution is 2.29. The van der Waals surface area contributed by atoms with Gasteiger partial charge in [-0.2, -0.15) is 0 Å². The molecule has 6 heteroatoms. The Morgan fingerprint density at radius 2 is 2.00 bits per heavy atom.